The summed E-state index contributed by atoms with van der Waals surface area (Å²) in [5, 5.41) is 1.71. The first kappa shape index (κ1) is 20.2. The van der Waals surface area contributed by atoms with Crippen molar-refractivity contribution < 1.29 is 9.53 Å². The Kier molecular flexibility index (Phi) is 5.75. The Hall–Kier alpha value is -2.69. The molecule has 1 atom stereocenters. The second-order valence-electron chi connectivity index (χ2n) is 8.27. The molecule has 0 radical (unpaired) electrons. The third-order valence-electron chi connectivity index (χ3n) is 6.23. The van der Waals surface area contributed by atoms with E-state index in [1.54, 1.807) is 0 Å². The summed E-state index contributed by atoms with van der Waals surface area (Å²) in [7, 11) is 0. The minimum Gasteiger partial charge on any atom is -0.368 e. The van der Waals surface area contributed by atoms with Crippen molar-refractivity contribution in [3.05, 3.63) is 77.0 Å². The van der Waals surface area contributed by atoms with Crippen molar-refractivity contribution >= 4 is 28.4 Å². The summed E-state index contributed by atoms with van der Waals surface area (Å²) in [6.07, 6.45) is 7.50. The Balaban J connectivity index is 1.26. The highest BCUT2D eigenvalue weighted by Gasteiger charge is 2.28. The number of nitrogens with zero attached hydrogens (tertiary/aromatic N) is 2. The van der Waals surface area contributed by atoms with Crippen LogP contribution >= 0.6 is 11.6 Å². The number of benzene rings is 2. The van der Waals surface area contributed by atoms with Gasteiger partial charge in [0.25, 0.3) is 5.91 Å². The van der Waals surface area contributed by atoms with Crippen LogP contribution in [0.15, 0.2) is 66.4 Å². The number of hydrogen-bond acceptors (Lipinski definition) is 3. The number of carbonyl (C=O) groups excluding carboxylic acids is 1. The monoisotopic (exact) mass is 432 g/mol. The number of para-hydroxylation sites is 1. The number of amides is 1. The molecule has 31 heavy (non-hydrogen) atoms. The predicted octanol–water partition coefficient (Wildman–Crippen LogP) is 5.44. The van der Waals surface area contributed by atoms with Crippen LogP contribution in [-0.4, -0.2) is 41.6 Å². The second-order valence-corrected chi connectivity index (χ2v) is 8.65. The minimum absolute atomic E-state index is 0.151. The number of ether oxygens (including phenoxy) is 1. The number of hydrogen-bond donors (Lipinski definition) is 0. The third kappa shape index (κ3) is 4.23. The Morgan fingerprint density at radius 2 is 2.00 bits per heavy atom. The van der Waals surface area contributed by atoms with E-state index in [2.05, 4.69) is 35.3 Å². The molecule has 4 nitrogen and oxygen atoms in total. The van der Waals surface area contributed by atoms with Crippen LogP contribution in [0.4, 0.5) is 0 Å². The number of pyridine rings is 1. The third-order valence-corrected chi connectivity index (χ3v) is 6.63. The second kappa shape index (κ2) is 8.81. The quantitative estimate of drug-likeness (QED) is 0.516. The van der Waals surface area contributed by atoms with Crippen LogP contribution in [-0.2, 0) is 16.0 Å². The molecule has 3 aromatic rings. The van der Waals surface area contributed by atoms with Gasteiger partial charge < -0.3 is 9.64 Å². The van der Waals surface area contributed by atoms with Gasteiger partial charge in [0, 0.05) is 36.8 Å². The first-order valence-electron chi connectivity index (χ1n) is 10.9. The van der Waals surface area contributed by atoms with Gasteiger partial charge in [-0.05, 0) is 42.9 Å². The SMILES string of the molecule is O=C([C@H]1CCCO1)N1CC=C(Cc2ccc(-c3cnc4ccccc4c3Cl)cc2)CC1. The van der Waals surface area contributed by atoms with Gasteiger partial charge in [0.2, 0.25) is 0 Å². The number of halogens is 1. The van der Waals surface area contributed by atoms with E-state index in [4.69, 9.17) is 16.3 Å². The van der Waals surface area contributed by atoms with Gasteiger partial charge in [0.05, 0.1) is 10.5 Å². The molecule has 2 aliphatic heterocycles. The molecule has 1 aromatic heterocycles. The predicted molar refractivity (Wildman–Crippen MR) is 124 cm³/mol. The summed E-state index contributed by atoms with van der Waals surface area (Å²) in [5.41, 5.74) is 5.57. The minimum atomic E-state index is -0.223. The fourth-order valence-electron chi connectivity index (χ4n) is 4.42. The maximum atomic E-state index is 12.5. The molecule has 0 saturated carbocycles. The molecule has 3 heterocycles. The number of aromatic nitrogens is 1. The van der Waals surface area contributed by atoms with Crippen molar-refractivity contribution in [3.8, 4) is 11.1 Å². The highest BCUT2D eigenvalue weighted by atomic mass is 35.5. The standard InChI is InChI=1S/C26H25ClN2O2/c27-25-21-4-1-2-5-23(21)28-17-22(25)20-9-7-18(8-10-20)16-19-11-13-29(14-12-19)26(30)24-6-3-15-31-24/h1-2,4-5,7-11,17,24H,3,6,12-16H2/t24-/m1/s1. The van der Waals surface area contributed by atoms with Crippen LogP contribution < -0.4 is 0 Å². The largest absolute Gasteiger partial charge is 0.368 e. The number of carbonyl (C=O) groups is 1. The summed E-state index contributed by atoms with van der Waals surface area (Å²) in [4.78, 5) is 19.0. The average molecular weight is 433 g/mol. The summed E-state index contributed by atoms with van der Waals surface area (Å²) in [6, 6.07) is 16.5. The van der Waals surface area contributed by atoms with Crippen molar-refractivity contribution in [2.75, 3.05) is 19.7 Å². The van der Waals surface area contributed by atoms with E-state index in [0.717, 1.165) is 59.3 Å². The molecule has 0 N–H and O–H groups in total. The van der Waals surface area contributed by atoms with Gasteiger partial charge in [-0.3, -0.25) is 9.78 Å². The van der Waals surface area contributed by atoms with Gasteiger partial charge in [0.15, 0.2) is 0 Å². The van der Waals surface area contributed by atoms with E-state index in [9.17, 15) is 4.79 Å². The average Bonchev–Trinajstić information content (AvgIpc) is 3.35. The fourth-order valence-corrected chi connectivity index (χ4v) is 4.74. The molecule has 0 unspecified atom stereocenters. The van der Waals surface area contributed by atoms with E-state index >= 15 is 0 Å². The molecule has 0 aliphatic carbocycles. The van der Waals surface area contributed by atoms with E-state index in [1.165, 1.54) is 11.1 Å². The van der Waals surface area contributed by atoms with Crippen LogP contribution in [0.3, 0.4) is 0 Å². The maximum absolute atomic E-state index is 12.5. The lowest BCUT2D eigenvalue weighted by Crippen LogP contribution is -2.41. The lowest BCUT2D eigenvalue weighted by molar-refractivity contribution is -0.140. The molecule has 0 spiro atoms. The van der Waals surface area contributed by atoms with Crippen molar-refractivity contribution in [1.82, 2.24) is 9.88 Å². The van der Waals surface area contributed by atoms with Gasteiger partial charge in [-0.15, -0.1) is 0 Å². The van der Waals surface area contributed by atoms with E-state index in [-0.39, 0.29) is 12.0 Å². The number of fused-ring (bicyclic) bond motifs is 1. The van der Waals surface area contributed by atoms with E-state index < -0.39 is 0 Å². The lowest BCUT2D eigenvalue weighted by Gasteiger charge is -2.28. The van der Waals surface area contributed by atoms with Gasteiger partial charge in [-0.2, -0.15) is 0 Å². The highest BCUT2D eigenvalue weighted by Crippen LogP contribution is 2.33. The molecule has 1 fully saturated rings. The van der Waals surface area contributed by atoms with Crippen molar-refractivity contribution in [3.63, 3.8) is 0 Å². The molecule has 5 rings (SSSR count). The Morgan fingerprint density at radius 3 is 2.74 bits per heavy atom. The molecule has 1 saturated heterocycles. The molecule has 2 aliphatic rings. The Labute approximate surface area is 187 Å². The molecular formula is C26H25ClN2O2. The summed E-state index contributed by atoms with van der Waals surface area (Å²) >= 11 is 6.67. The molecule has 158 valence electrons. The van der Waals surface area contributed by atoms with Crippen molar-refractivity contribution in [2.24, 2.45) is 0 Å². The molecular weight excluding hydrogens is 408 g/mol. The topological polar surface area (TPSA) is 42.4 Å². The normalized spacial score (nSPS) is 18.9. The fraction of sp³-hybridized carbons (Fsp3) is 0.308. The van der Waals surface area contributed by atoms with Crippen molar-refractivity contribution in [1.29, 1.82) is 0 Å². The molecule has 0 bridgehead atoms. The zero-order valence-corrected chi connectivity index (χ0v) is 18.1. The molecule has 1 amide bonds. The first-order valence-corrected chi connectivity index (χ1v) is 11.3. The van der Waals surface area contributed by atoms with Crippen LogP contribution in [0.5, 0.6) is 0 Å². The van der Waals surface area contributed by atoms with Gasteiger partial charge >= 0.3 is 0 Å². The van der Waals surface area contributed by atoms with Crippen LogP contribution in [0.25, 0.3) is 22.0 Å². The van der Waals surface area contributed by atoms with E-state index in [0.29, 0.717) is 13.2 Å². The Morgan fingerprint density at radius 1 is 1.16 bits per heavy atom. The van der Waals surface area contributed by atoms with Gasteiger partial charge in [-0.1, -0.05) is 65.7 Å². The molecule has 5 heteroatoms. The first-order chi connectivity index (χ1) is 15.2. The summed E-state index contributed by atoms with van der Waals surface area (Å²) in [5.74, 6) is 0.151. The van der Waals surface area contributed by atoms with Crippen molar-refractivity contribution in [2.45, 2.75) is 31.8 Å². The molecule has 2 aromatic carbocycles. The van der Waals surface area contributed by atoms with Gasteiger partial charge in [-0.25, -0.2) is 0 Å². The zero-order chi connectivity index (χ0) is 21.2. The smallest absolute Gasteiger partial charge is 0.251 e. The van der Waals surface area contributed by atoms with Crippen LogP contribution in [0, 0.1) is 0 Å². The maximum Gasteiger partial charge on any atom is 0.251 e. The summed E-state index contributed by atoms with van der Waals surface area (Å²) in [6.45, 7) is 2.17. The Bertz CT molecular complexity index is 1130. The summed E-state index contributed by atoms with van der Waals surface area (Å²) < 4.78 is 5.54. The van der Waals surface area contributed by atoms with Crippen LogP contribution in [0.2, 0.25) is 5.02 Å². The number of rotatable bonds is 4. The van der Waals surface area contributed by atoms with E-state index in [1.807, 2.05) is 35.4 Å². The highest BCUT2D eigenvalue weighted by molar-refractivity contribution is 6.38. The van der Waals surface area contributed by atoms with Crippen LogP contribution in [0.1, 0.15) is 24.8 Å². The van der Waals surface area contributed by atoms with Gasteiger partial charge in [0.1, 0.15) is 6.10 Å². The lowest BCUT2D eigenvalue weighted by atomic mass is 9.97. The zero-order valence-electron chi connectivity index (χ0n) is 17.4.